The van der Waals surface area contributed by atoms with Gasteiger partial charge in [-0.15, -0.1) is 0 Å². The Morgan fingerprint density at radius 3 is 2.07 bits per heavy atom. The number of carbonyl (C=O) groups is 5. The van der Waals surface area contributed by atoms with Gasteiger partial charge in [0.25, 0.3) is 0 Å². The molecule has 0 aliphatic carbocycles. The van der Waals surface area contributed by atoms with E-state index in [4.69, 9.17) is 10.5 Å². The molecule has 11 heteroatoms. The second kappa shape index (κ2) is 19.9. The molecule has 5 N–H and O–H groups in total. The molecular weight excluding hydrogens is 552 g/mol. The van der Waals surface area contributed by atoms with Gasteiger partial charge in [-0.1, -0.05) is 98.5 Å². The van der Waals surface area contributed by atoms with E-state index >= 15 is 0 Å². The van der Waals surface area contributed by atoms with Gasteiger partial charge in [-0.2, -0.15) is 0 Å². The van der Waals surface area contributed by atoms with Gasteiger partial charge in [-0.25, -0.2) is 4.79 Å². The van der Waals surface area contributed by atoms with Crippen LogP contribution in [0.5, 0.6) is 0 Å². The van der Waals surface area contributed by atoms with Crippen molar-refractivity contribution in [3.8, 4) is 0 Å². The average molecular weight is 607 g/mol. The van der Waals surface area contributed by atoms with E-state index in [1.54, 1.807) is 6.92 Å². The highest BCUT2D eigenvalue weighted by atomic mass is 16.5. The van der Waals surface area contributed by atoms with Gasteiger partial charge in [-0.05, 0) is 24.3 Å². The second-order valence-electron chi connectivity index (χ2n) is 12.3. The molecule has 11 nitrogen and oxygen atoms in total. The van der Waals surface area contributed by atoms with Gasteiger partial charge in [0.05, 0.1) is 12.5 Å². The number of hydrogen-bond acceptors (Lipinski definition) is 7. The van der Waals surface area contributed by atoms with Gasteiger partial charge in [0.2, 0.25) is 23.6 Å². The van der Waals surface area contributed by atoms with Crippen LogP contribution >= 0.6 is 0 Å². The summed E-state index contributed by atoms with van der Waals surface area (Å²) in [4.78, 5) is 64.1. The van der Waals surface area contributed by atoms with Crippen LogP contribution in [0.2, 0.25) is 0 Å². The zero-order valence-electron chi connectivity index (χ0n) is 26.7. The maximum Gasteiger partial charge on any atom is 0.332 e. The van der Waals surface area contributed by atoms with Gasteiger partial charge in [-0.3, -0.25) is 19.2 Å². The lowest BCUT2D eigenvalue weighted by molar-refractivity contribution is -0.165. The van der Waals surface area contributed by atoms with Gasteiger partial charge in [0, 0.05) is 18.8 Å². The number of allylic oxidation sites excluding steroid dienone is 1. The van der Waals surface area contributed by atoms with Gasteiger partial charge in [0.1, 0.15) is 6.10 Å². The molecule has 0 saturated carbocycles. The summed E-state index contributed by atoms with van der Waals surface area (Å²) in [7, 11) is 1.35. The van der Waals surface area contributed by atoms with Crippen LogP contribution in [0.4, 0.5) is 0 Å². The number of ether oxygens (including phenoxy) is 1. The van der Waals surface area contributed by atoms with Crippen molar-refractivity contribution in [1.29, 1.82) is 0 Å². The van der Waals surface area contributed by atoms with E-state index < -0.39 is 60.3 Å². The Bertz CT molecular complexity index is 981. The number of amides is 4. The van der Waals surface area contributed by atoms with Crippen molar-refractivity contribution in [3.63, 3.8) is 0 Å². The summed E-state index contributed by atoms with van der Waals surface area (Å²) in [6.07, 6.45) is 11.9. The Balaban J connectivity index is 2.91. The number of esters is 1. The summed E-state index contributed by atoms with van der Waals surface area (Å²) in [6.45, 7) is 11.3. The normalized spacial score (nSPS) is 23.1. The molecule has 0 aromatic rings. The number of nitrogens with one attached hydrogen (secondary N) is 2. The van der Waals surface area contributed by atoms with E-state index in [-0.39, 0.29) is 11.6 Å². The van der Waals surface area contributed by atoms with Crippen molar-refractivity contribution in [3.05, 3.63) is 24.4 Å². The Kier molecular flexibility index (Phi) is 17.5. The summed E-state index contributed by atoms with van der Waals surface area (Å²) in [5.41, 5.74) is 5.38. The molecule has 0 saturated heterocycles. The lowest BCUT2D eigenvalue weighted by atomic mass is 9.88. The summed E-state index contributed by atoms with van der Waals surface area (Å²) >= 11 is 0. The van der Waals surface area contributed by atoms with Crippen LogP contribution in [0.15, 0.2) is 24.4 Å². The fourth-order valence-corrected chi connectivity index (χ4v) is 5.04. The van der Waals surface area contributed by atoms with Crippen LogP contribution in [0.1, 0.15) is 98.3 Å². The highest BCUT2D eigenvalue weighted by Gasteiger charge is 2.39. The number of nitrogens with two attached hydrogens (primary N) is 1. The Hall–Kier alpha value is -3.21. The molecule has 1 heterocycles. The number of cyclic esters (lactones) is 1. The molecule has 1 aliphatic heterocycles. The standard InChI is InChI=1S/C32H54N4O7/c1-21(2)16-14-12-10-8-7-9-11-13-15-17-22(3)29-24(5)31(41)34-23(4)18-19-26(38)36(6)20-25(37)35-27(32(42)43-29)28(39)30(33)40/h18-19,21-22,24,27-29,39H,4,7-17,20H2,1-3,5-6H3,(H2,33,40)(H,34,41)(H,35,37)/b19-18+/t22-,24+,27+,28+,29+/m0/s1. The molecule has 4 amide bonds. The molecule has 244 valence electrons. The van der Waals surface area contributed by atoms with Gasteiger partial charge in [0.15, 0.2) is 12.1 Å². The minimum Gasteiger partial charge on any atom is -0.460 e. The molecule has 0 aromatic heterocycles. The molecule has 0 fully saturated rings. The third kappa shape index (κ3) is 14.7. The maximum atomic E-state index is 13.2. The predicted octanol–water partition coefficient (Wildman–Crippen LogP) is 3.11. The van der Waals surface area contributed by atoms with Crippen molar-refractivity contribution in [2.75, 3.05) is 13.6 Å². The molecule has 0 unspecified atom stereocenters. The number of rotatable bonds is 15. The number of nitrogens with zero attached hydrogens (tertiary/aromatic N) is 1. The number of carbonyl (C=O) groups excluding carboxylic acids is 5. The summed E-state index contributed by atoms with van der Waals surface area (Å²) in [6, 6.07) is -1.82. The van der Waals surface area contributed by atoms with Crippen LogP contribution < -0.4 is 16.4 Å². The number of unbranched alkanes of at least 4 members (excludes halogenated alkanes) is 8. The number of primary amides is 1. The van der Waals surface area contributed by atoms with E-state index in [1.807, 2.05) is 6.92 Å². The van der Waals surface area contributed by atoms with Gasteiger partial charge >= 0.3 is 5.97 Å². The first-order valence-corrected chi connectivity index (χ1v) is 15.6. The van der Waals surface area contributed by atoms with Crippen LogP contribution in [-0.4, -0.2) is 71.4 Å². The van der Waals surface area contributed by atoms with Gasteiger partial charge < -0.3 is 31.1 Å². The zero-order chi connectivity index (χ0) is 32.5. The molecule has 5 atom stereocenters. The quantitative estimate of drug-likeness (QED) is 0.164. The number of aliphatic hydroxyl groups excluding tert-OH is 1. The van der Waals surface area contributed by atoms with Crippen molar-refractivity contribution in [2.24, 2.45) is 23.5 Å². The van der Waals surface area contributed by atoms with Crippen LogP contribution in [0.25, 0.3) is 0 Å². The molecule has 0 aromatic carbocycles. The third-order valence-corrected chi connectivity index (χ3v) is 7.81. The van der Waals surface area contributed by atoms with E-state index in [1.165, 1.54) is 51.6 Å². The molecule has 0 bridgehead atoms. The molecule has 43 heavy (non-hydrogen) atoms. The Labute approximate surface area is 257 Å². The van der Waals surface area contributed by atoms with E-state index in [0.717, 1.165) is 42.6 Å². The first-order chi connectivity index (χ1) is 20.2. The Morgan fingerprint density at radius 2 is 1.53 bits per heavy atom. The van der Waals surface area contributed by atoms with Crippen molar-refractivity contribution in [2.45, 2.75) is 117 Å². The minimum absolute atomic E-state index is 0.151. The van der Waals surface area contributed by atoms with E-state index in [9.17, 15) is 29.1 Å². The van der Waals surface area contributed by atoms with Crippen LogP contribution in [0, 0.1) is 17.8 Å². The lowest BCUT2D eigenvalue weighted by Crippen LogP contribution is -2.57. The van der Waals surface area contributed by atoms with Crippen molar-refractivity contribution < 1.29 is 33.8 Å². The first-order valence-electron chi connectivity index (χ1n) is 15.6. The number of aliphatic hydroxyl groups is 1. The first kappa shape index (κ1) is 37.8. The maximum absolute atomic E-state index is 13.2. The largest absolute Gasteiger partial charge is 0.460 e. The topological polar surface area (TPSA) is 168 Å². The molecule has 1 aliphatic rings. The van der Waals surface area contributed by atoms with Crippen molar-refractivity contribution in [1.82, 2.24) is 15.5 Å². The highest BCUT2D eigenvalue weighted by molar-refractivity contribution is 5.95. The lowest BCUT2D eigenvalue weighted by Gasteiger charge is -2.31. The van der Waals surface area contributed by atoms with E-state index in [2.05, 4.69) is 31.1 Å². The Morgan fingerprint density at radius 1 is 1.00 bits per heavy atom. The molecule has 0 radical (unpaired) electrons. The second-order valence-corrected chi connectivity index (χ2v) is 12.3. The van der Waals surface area contributed by atoms with Crippen LogP contribution in [-0.2, 0) is 28.7 Å². The predicted molar refractivity (Wildman–Crippen MR) is 165 cm³/mol. The number of likely N-dealkylation sites (N-methyl/N-ethyl adjacent to an activating group) is 1. The van der Waals surface area contributed by atoms with E-state index in [0.29, 0.717) is 6.42 Å². The fraction of sp³-hybridized carbons (Fsp3) is 0.719. The third-order valence-electron chi connectivity index (χ3n) is 7.81. The summed E-state index contributed by atoms with van der Waals surface area (Å²) in [5.74, 6) is -4.58. The fourth-order valence-electron chi connectivity index (χ4n) is 5.04. The number of hydrogen-bond donors (Lipinski definition) is 4. The summed E-state index contributed by atoms with van der Waals surface area (Å²) < 4.78 is 5.73. The van der Waals surface area contributed by atoms with Crippen molar-refractivity contribution >= 4 is 29.6 Å². The highest BCUT2D eigenvalue weighted by Crippen LogP contribution is 2.25. The molecule has 0 spiro atoms. The SMILES string of the molecule is C=C1/C=C/C(=O)N(C)CC(=O)N[C@H]([C@@H](O)C(N)=O)C(=O)O[C@H]([C@@H](C)CCCCCCCCCCCC(C)C)[C@@H](C)C(=O)N1. The average Bonchev–Trinajstić information content (AvgIpc) is 2.94. The molecule has 1 rings (SSSR count). The van der Waals surface area contributed by atoms with Crippen LogP contribution in [0.3, 0.4) is 0 Å². The zero-order valence-corrected chi connectivity index (χ0v) is 26.7. The minimum atomic E-state index is -2.08. The monoisotopic (exact) mass is 606 g/mol. The smallest absolute Gasteiger partial charge is 0.332 e. The molecular formula is C32H54N4O7. The summed E-state index contributed by atoms with van der Waals surface area (Å²) in [5, 5.41) is 15.2.